The average molecular weight is 493 g/mol. The maximum absolute atomic E-state index is 13.1. The van der Waals surface area contributed by atoms with Crippen molar-refractivity contribution in [2.45, 2.75) is 64.5 Å². The van der Waals surface area contributed by atoms with Gasteiger partial charge >= 0.3 is 0 Å². The number of hydrogen-bond acceptors (Lipinski definition) is 5. The van der Waals surface area contributed by atoms with E-state index in [0.29, 0.717) is 38.5 Å². The van der Waals surface area contributed by atoms with E-state index in [-0.39, 0.29) is 30.6 Å². The highest BCUT2D eigenvalue weighted by atomic mass is 16.5. The standard InChI is InChI=1S/C28H36N4O4/c1-20-4-6-24-17-23(20)18-30-28(35)25(7-5-21-10-13-29-14-11-21)31-26(33)8-9-27(34)32-15-2-3-22(19-32)12-16-36-24/h4,6,10-11,13-14,17,22,25H,2-3,5,7-9,12,15-16,18-19H2,1H3,(H,30,35)(H,31,33)/t22?,25-/m0/s1. The van der Waals surface area contributed by atoms with Gasteiger partial charge in [-0.2, -0.15) is 0 Å². The molecule has 0 radical (unpaired) electrons. The van der Waals surface area contributed by atoms with E-state index in [0.717, 1.165) is 48.2 Å². The number of amides is 3. The van der Waals surface area contributed by atoms with Crippen LogP contribution in [0, 0.1) is 12.8 Å². The molecule has 192 valence electrons. The Labute approximate surface area is 212 Å². The molecule has 1 fully saturated rings. The summed E-state index contributed by atoms with van der Waals surface area (Å²) in [5.74, 6) is 0.654. The monoisotopic (exact) mass is 492 g/mol. The van der Waals surface area contributed by atoms with Gasteiger partial charge in [0.1, 0.15) is 11.8 Å². The molecule has 0 spiro atoms. The largest absolute Gasteiger partial charge is 0.494 e. The van der Waals surface area contributed by atoms with Gasteiger partial charge in [0.05, 0.1) is 6.61 Å². The first-order valence-corrected chi connectivity index (χ1v) is 12.9. The molecule has 4 bridgehead atoms. The number of ether oxygens (including phenoxy) is 1. The Kier molecular flexibility index (Phi) is 8.92. The van der Waals surface area contributed by atoms with Crippen LogP contribution in [-0.4, -0.2) is 53.3 Å². The lowest BCUT2D eigenvalue weighted by molar-refractivity contribution is -0.135. The Balaban J connectivity index is 1.50. The van der Waals surface area contributed by atoms with E-state index in [1.165, 1.54) is 0 Å². The fourth-order valence-corrected chi connectivity index (χ4v) is 4.88. The number of fused-ring (bicyclic) bond motifs is 4. The first-order valence-electron chi connectivity index (χ1n) is 12.9. The zero-order chi connectivity index (χ0) is 25.3. The molecule has 4 rings (SSSR count). The Bertz CT molecular complexity index is 1060. The molecule has 2 atom stereocenters. The minimum Gasteiger partial charge on any atom is -0.494 e. The van der Waals surface area contributed by atoms with Crippen molar-refractivity contribution in [2.24, 2.45) is 5.92 Å². The van der Waals surface area contributed by atoms with E-state index >= 15 is 0 Å². The third kappa shape index (κ3) is 7.29. The van der Waals surface area contributed by atoms with E-state index in [1.54, 1.807) is 12.4 Å². The van der Waals surface area contributed by atoms with E-state index in [4.69, 9.17) is 4.74 Å². The Morgan fingerprint density at radius 3 is 2.75 bits per heavy atom. The van der Waals surface area contributed by atoms with Crippen molar-refractivity contribution in [1.82, 2.24) is 20.5 Å². The minimum atomic E-state index is -0.696. The summed E-state index contributed by atoms with van der Waals surface area (Å²) in [5, 5.41) is 5.86. The number of hydrogen-bond donors (Lipinski definition) is 2. The molecule has 8 heteroatoms. The minimum absolute atomic E-state index is 0.00199. The molecule has 1 aromatic carbocycles. The van der Waals surface area contributed by atoms with Gasteiger partial charge in [-0.05, 0) is 85.9 Å². The fourth-order valence-electron chi connectivity index (χ4n) is 4.88. The summed E-state index contributed by atoms with van der Waals surface area (Å²) in [6.07, 6.45) is 7.65. The number of nitrogens with zero attached hydrogens (tertiary/aromatic N) is 2. The smallest absolute Gasteiger partial charge is 0.242 e. The summed E-state index contributed by atoms with van der Waals surface area (Å²) in [6.45, 7) is 4.38. The molecule has 8 nitrogen and oxygen atoms in total. The van der Waals surface area contributed by atoms with Crippen LogP contribution in [0.5, 0.6) is 5.75 Å². The van der Waals surface area contributed by atoms with Crippen LogP contribution in [0.2, 0.25) is 0 Å². The molecule has 3 amide bonds. The summed E-state index contributed by atoms with van der Waals surface area (Å²) < 4.78 is 6.04. The van der Waals surface area contributed by atoms with Crippen LogP contribution in [0.1, 0.15) is 55.2 Å². The lowest BCUT2D eigenvalue weighted by Gasteiger charge is -2.33. The molecule has 0 aliphatic carbocycles. The van der Waals surface area contributed by atoms with Gasteiger partial charge in [-0.25, -0.2) is 0 Å². The molecule has 3 heterocycles. The number of nitrogens with one attached hydrogen (secondary N) is 2. The van der Waals surface area contributed by atoms with E-state index in [9.17, 15) is 14.4 Å². The topological polar surface area (TPSA) is 101 Å². The van der Waals surface area contributed by atoms with Gasteiger partial charge in [0.15, 0.2) is 0 Å². The summed E-state index contributed by atoms with van der Waals surface area (Å²) in [4.78, 5) is 44.6. The first-order chi connectivity index (χ1) is 17.5. The van der Waals surface area contributed by atoms with Crippen molar-refractivity contribution in [2.75, 3.05) is 19.7 Å². The third-order valence-corrected chi connectivity index (χ3v) is 7.13. The number of carbonyl (C=O) groups excluding carboxylic acids is 3. The summed E-state index contributed by atoms with van der Waals surface area (Å²) in [6, 6.07) is 9.03. The average Bonchev–Trinajstić information content (AvgIpc) is 2.90. The molecular weight excluding hydrogens is 456 g/mol. The van der Waals surface area contributed by atoms with Gasteiger partial charge in [-0.15, -0.1) is 0 Å². The first kappa shape index (κ1) is 25.7. The summed E-state index contributed by atoms with van der Waals surface area (Å²) in [7, 11) is 0. The maximum atomic E-state index is 13.1. The number of benzene rings is 1. The molecule has 1 aromatic heterocycles. The van der Waals surface area contributed by atoms with Gasteiger partial charge < -0.3 is 20.3 Å². The van der Waals surface area contributed by atoms with Crippen molar-refractivity contribution < 1.29 is 19.1 Å². The van der Waals surface area contributed by atoms with E-state index < -0.39 is 6.04 Å². The molecule has 1 unspecified atom stereocenters. The number of pyridine rings is 1. The third-order valence-electron chi connectivity index (χ3n) is 7.13. The van der Waals surface area contributed by atoms with E-state index in [1.807, 2.05) is 42.2 Å². The lowest BCUT2D eigenvalue weighted by atomic mass is 9.95. The van der Waals surface area contributed by atoms with Crippen LogP contribution in [0.3, 0.4) is 0 Å². The van der Waals surface area contributed by atoms with Crippen LogP contribution in [-0.2, 0) is 27.3 Å². The number of aryl methyl sites for hydroxylation is 2. The predicted octanol–water partition coefficient (Wildman–Crippen LogP) is 2.93. The van der Waals surface area contributed by atoms with Gasteiger partial charge in [0.25, 0.3) is 0 Å². The molecule has 1 saturated heterocycles. The quantitative estimate of drug-likeness (QED) is 0.686. The second-order valence-corrected chi connectivity index (χ2v) is 9.81. The highest BCUT2D eigenvalue weighted by Gasteiger charge is 2.25. The highest BCUT2D eigenvalue weighted by molar-refractivity contribution is 5.89. The number of aromatic nitrogens is 1. The molecular formula is C28H36N4O4. The van der Waals surface area contributed by atoms with Gasteiger partial charge in [-0.3, -0.25) is 19.4 Å². The molecule has 0 saturated carbocycles. The molecule has 2 N–H and O–H groups in total. The Morgan fingerprint density at radius 1 is 1.08 bits per heavy atom. The van der Waals surface area contributed by atoms with Crippen molar-refractivity contribution in [3.8, 4) is 5.75 Å². The van der Waals surface area contributed by atoms with Crippen LogP contribution >= 0.6 is 0 Å². The molecule has 2 aliphatic rings. The second-order valence-electron chi connectivity index (χ2n) is 9.81. The molecule has 36 heavy (non-hydrogen) atoms. The maximum Gasteiger partial charge on any atom is 0.242 e. The Morgan fingerprint density at radius 2 is 1.92 bits per heavy atom. The molecule has 2 aliphatic heterocycles. The van der Waals surface area contributed by atoms with Crippen LogP contribution in [0.4, 0.5) is 0 Å². The van der Waals surface area contributed by atoms with Crippen LogP contribution in [0.25, 0.3) is 0 Å². The predicted molar refractivity (Wildman–Crippen MR) is 136 cm³/mol. The van der Waals surface area contributed by atoms with Crippen LogP contribution < -0.4 is 15.4 Å². The van der Waals surface area contributed by atoms with Crippen LogP contribution in [0.15, 0.2) is 42.7 Å². The number of piperidine rings is 1. The summed E-state index contributed by atoms with van der Waals surface area (Å²) >= 11 is 0. The Hall–Kier alpha value is -3.42. The zero-order valence-corrected chi connectivity index (χ0v) is 21.0. The van der Waals surface area contributed by atoms with E-state index in [2.05, 4.69) is 15.6 Å². The van der Waals surface area contributed by atoms with Crippen molar-refractivity contribution in [3.63, 3.8) is 0 Å². The van der Waals surface area contributed by atoms with Gasteiger partial charge in [-0.1, -0.05) is 6.07 Å². The number of carbonyl (C=O) groups is 3. The number of rotatable bonds is 3. The lowest BCUT2D eigenvalue weighted by Crippen LogP contribution is -2.47. The van der Waals surface area contributed by atoms with Gasteiger partial charge in [0.2, 0.25) is 17.7 Å². The van der Waals surface area contributed by atoms with Gasteiger partial charge in [0, 0.05) is 44.9 Å². The van der Waals surface area contributed by atoms with Crippen molar-refractivity contribution in [3.05, 3.63) is 59.4 Å². The molecule has 2 aromatic rings. The van der Waals surface area contributed by atoms with Crippen molar-refractivity contribution in [1.29, 1.82) is 0 Å². The second kappa shape index (κ2) is 12.5. The fraction of sp³-hybridized carbons (Fsp3) is 0.500. The summed E-state index contributed by atoms with van der Waals surface area (Å²) in [5.41, 5.74) is 3.09. The SMILES string of the molecule is Cc1ccc2cc1CNC(=O)[C@H](CCc1ccncc1)NC(=O)CCC(=O)N1CCCC(CCO2)C1. The highest BCUT2D eigenvalue weighted by Crippen LogP contribution is 2.23. The van der Waals surface area contributed by atoms with Crippen molar-refractivity contribution >= 4 is 17.7 Å². The normalized spacial score (nSPS) is 22.0. The zero-order valence-electron chi connectivity index (χ0n) is 21.0.